The van der Waals surface area contributed by atoms with Crippen LogP contribution in [0.5, 0.6) is 0 Å². The second-order valence-corrected chi connectivity index (χ2v) is 9.21. The smallest absolute Gasteiger partial charge is 0.317 e. The number of likely N-dealkylation sites (tertiary alicyclic amines) is 1. The number of unbranched alkanes of at least 4 members (excludes halogenated alkanes) is 1. The summed E-state index contributed by atoms with van der Waals surface area (Å²) in [5.74, 6) is 0.199. The number of nitrogens with one attached hydrogen (secondary N) is 2. The number of hydrogen-bond acceptors (Lipinski definition) is 4. The zero-order valence-corrected chi connectivity index (χ0v) is 19.6. The Morgan fingerprint density at radius 2 is 1.78 bits per heavy atom. The van der Waals surface area contributed by atoms with E-state index >= 15 is 0 Å². The Balaban J connectivity index is 1.72. The summed E-state index contributed by atoms with van der Waals surface area (Å²) in [7, 11) is 0. The lowest BCUT2D eigenvalue weighted by atomic mass is 9.85. The van der Waals surface area contributed by atoms with Crippen molar-refractivity contribution in [1.29, 1.82) is 0 Å². The van der Waals surface area contributed by atoms with Crippen LogP contribution < -0.4 is 15.5 Å². The van der Waals surface area contributed by atoms with Crippen molar-refractivity contribution < 1.29 is 14.4 Å². The lowest BCUT2D eigenvalue weighted by molar-refractivity contribution is -0.137. The average Bonchev–Trinajstić information content (AvgIpc) is 3.05. The summed E-state index contributed by atoms with van der Waals surface area (Å²) in [4.78, 5) is 44.1. The second kappa shape index (κ2) is 10.7. The minimum absolute atomic E-state index is 0.0212. The van der Waals surface area contributed by atoms with Gasteiger partial charge in [0.1, 0.15) is 12.1 Å². The number of para-hydroxylation sites is 1. The summed E-state index contributed by atoms with van der Waals surface area (Å²) in [6.07, 6.45) is 3.08. The molecular formula is C24H37N5O3. The zero-order valence-electron chi connectivity index (χ0n) is 19.6. The first-order chi connectivity index (χ1) is 15.4. The molecule has 1 aromatic carbocycles. The number of hydrogen-bond donors (Lipinski definition) is 2. The van der Waals surface area contributed by atoms with E-state index in [0.717, 1.165) is 18.5 Å². The molecule has 0 bridgehead atoms. The van der Waals surface area contributed by atoms with Gasteiger partial charge in [0, 0.05) is 31.9 Å². The zero-order chi connectivity index (χ0) is 23.1. The lowest BCUT2D eigenvalue weighted by Gasteiger charge is -2.43. The van der Waals surface area contributed by atoms with Crippen molar-refractivity contribution in [2.24, 2.45) is 5.92 Å². The third-order valence-electron chi connectivity index (χ3n) is 6.31. The van der Waals surface area contributed by atoms with Crippen molar-refractivity contribution in [2.75, 3.05) is 44.3 Å². The van der Waals surface area contributed by atoms with E-state index < -0.39 is 5.54 Å². The Morgan fingerprint density at radius 3 is 2.41 bits per heavy atom. The number of piperidine rings is 1. The Bertz CT molecular complexity index is 790. The molecule has 0 unspecified atom stereocenters. The largest absolute Gasteiger partial charge is 0.354 e. The molecule has 4 amide bonds. The van der Waals surface area contributed by atoms with Crippen LogP contribution in [-0.4, -0.2) is 72.6 Å². The van der Waals surface area contributed by atoms with Crippen molar-refractivity contribution in [3.8, 4) is 0 Å². The number of carbonyl (C=O) groups is 3. The Kier molecular flexibility index (Phi) is 7.99. The summed E-state index contributed by atoms with van der Waals surface area (Å²) in [6, 6.07) is 9.82. The van der Waals surface area contributed by atoms with E-state index in [0.29, 0.717) is 51.6 Å². The van der Waals surface area contributed by atoms with Crippen molar-refractivity contribution in [3.63, 3.8) is 0 Å². The maximum Gasteiger partial charge on any atom is 0.317 e. The molecule has 1 aromatic rings. The maximum atomic E-state index is 13.6. The third-order valence-corrected chi connectivity index (χ3v) is 6.31. The van der Waals surface area contributed by atoms with Crippen LogP contribution in [0.2, 0.25) is 0 Å². The number of carbonyl (C=O) groups excluding carboxylic acids is 3. The summed E-state index contributed by atoms with van der Waals surface area (Å²) in [5.41, 5.74) is 0.242. The van der Waals surface area contributed by atoms with Gasteiger partial charge in [0.2, 0.25) is 5.91 Å². The van der Waals surface area contributed by atoms with Gasteiger partial charge in [-0.2, -0.15) is 0 Å². The van der Waals surface area contributed by atoms with Gasteiger partial charge in [0.05, 0.1) is 6.67 Å². The first-order valence-electron chi connectivity index (χ1n) is 11.8. The topological polar surface area (TPSA) is 85.0 Å². The number of benzene rings is 1. The highest BCUT2D eigenvalue weighted by Crippen LogP contribution is 2.39. The molecule has 2 aliphatic heterocycles. The fourth-order valence-electron chi connectivity index (χ4n) is 4.43. The Morgan fingerprint density at radius 1 is 1.09 bits per heavy atom. The van der Waals surface area contributed by atoms with Gasteiger partial charge in [0.15, 0.2) is 0 Å². The highest BCUT2D eigenvalue weighted by Gasteiger charge is 2.54. The van der Waals surface area contributed by atoms with Crippen LogP contribution in [0.3, 0.4) is 0 Å². The number of nitrogens with zero attached hydrogens (tertiary/aromatic N) is 3. The molecule has 2 fully saturated rings. The van der Waals surface area contributed by atoms with Gasteiger partial charge < -0.3 is 25.3 Å². The molecule has 0 saturated carbocycles. The molecule has 8 heteroatoms. The standard InChI is InChI=1S/C24H37N5O3/c1-4-5-13-25-23(32)27-14-11-24(12-15-27)22(31)28(17-21(30)26-16-19(2)3)18-29(24)20-9-7-6-8-10-20/h6-10,19H,4-5,11-18H2,1-3H3,(H,25,32)(H,26,30). The fraction of sp³-hybridized carbons (Fsp3) is 0.625. The van der Waals surface area contributed by atoms with Gasteiger partial charge in [-0.1, -0.05) is 45.4 Å². The summed E-state index contributed by atoms with van der Waals surface area (Å²) < 4.78 is 0. The highest BCUT2D eigenvalue weighted by atomic mass is 16.2. The van der Waals surface area contributed by atoms with Crippen LogP contribution in [-0.2, 0) is 9.59 Å². The first-order valence-corrected chi connectivity index (χ1v) is 11.8. The van der Waals surface area contributed by atoms with E-state index in [1.165, 1.54) is 0 Å². The van der Waals surface area contributed by atoms with Crippen LogP contribution in [0.25, 0.3) is 0 Å². The van der Waals surface area contributed by atoms with E-state index in [4.69, 9.17) is 0 Å². The molecule has 1 spiro atoms. The molecule has 0 aliphatic carbocycles. The molecule has 8 nitrogen and oxygen atoms in total. The predicted molar refractivity (Wildman–Crippen MR) is 125 cm³/mol. The minimum Gasteiger partial charge on any atom is -0.354 e. The number of urea groups is 1. The van der Waals surface area contributed by atoms with Crippen molar-refractivity contribution >= 4 is 23.5 Å². The monoisotopic (exact) mass is 443 g/mol. The third kappa shape index (κ3) is 5.34. The summed E-state index contributed by atoms with van der Waals surface area (Å²) >= 11 is 0. The molecule has 32 heavy (non-hydrogen) atoms. The molecule has 0 aromatic heterocycles. The molecule has 2 aliphatic rings. The van der Waals surface area contributed by atoms with Crippen molar-refractivity contribution in [1.82, 2.24) is 20.4 Å². The van der Waals surface area contributed by atoms with Crippen LogP contribution in [0.15, 0.2) is 30.3 Å². The van der Waals surface area contributed by atoms with E-state index in [9.17, 15) is 14.4 Å². The Labute approximate surface area is 191 Å². The van der Waals surface area contributed by atoms with Crippen LogP contribution in [0.4, 0.5) is 10.5 Å². The van der Waals surface area contributed by atoms with E-state index in [1.54, 1.807) is 9.80 Å². The normalized spacial score (nSPS) is 17.9. The predicted octanol–water partition coefficient (Wildman–Crippen LogP) is 2.41. The fourth-order valence-corrected chi connectivity index (χ4v) is 4.43. The molecule has 2 N–H and O–H groups in total. The van der Waals surface area contributed by atoms with Gasteiger partial charge in [-0.05, 0) is 37.3 Å². The van der Waals surface area contributed by atoms with Crippen LogP contribution in [0.1, 0.15) is 46.5 Å². The molecule has 0 radical (unpaired) electrons. The highest BCUT2D eigenvalue weighted by molar-refractivity contribution is 5.96. The second-order valence-electron chi connectivity index (χ2n) is 9.21. The van der Waals surface area contributed by atoms with E-state index in [2.05, 4.69) is 22.5 Å². The Hall–Kier alpha value is -2.77. The van der Waals surface area contributed by atoms with Gasteiger partial charge in [-0.3, -0.25) is 9.59 Å². The van der Waals surface area contributed by atoms with Crippen LogP contribution in [0, 0.1) is 5.92 Å². The van der Waals surface area contributed by atoms with Gasteiger partial charge in [0.25, 0.3) is 5.91 Å². The molecule has 3 rings (SSSR count). The van der Waals surface area contributed by atoms with Crippen LogP contribution >= 0.6 is 0 Å². The van der Waals surface area contributed by atoms with E-state index in [-0.39, 0.29) is 24.4 Å². The number of anilines is 1. The molecular weight excluding hydrogens is 406 g/mol. The maximum absolute atomic E-state index is 13.6. The average molecular weight is 444 g/mol. The summed E-state index contributed by atoms with van der Waals surface area (Å²) in [6.45, 7) is 8.90. The first kappa shape index (κ1) is 23.9. The van der Waals surface area contributed by atoms with Gasteiger partial charge >= 0.3 is 6.03 Å². The van der Waals surface area contributed by atoms with Crippen molar-refractivity contribution in [2.45, 2.75) is 52.0 Å². The lowest BCUT2D eigenvalue weighted by Crippen LogP contribution is -2.58. The summed E-state index contributed by atoms with van der Waals surface area (Å²) in [5, 5.41) is 5.88. The van der Waals surface area contributed by atoms with Crippen molar-refractivity contribution in [3.05, 3.63) is 30.3 Å². The molecule has 2 saturated heterocycles. The van der Waals surface area contributed by atoms with Gasteiger partial charge in [-0.15, -0.1) is 0 Å². The quantitative estimate of drug-likeness (QED) is 0.605. The molecule has 2 heterocycles. The molecule has 0 atom stereocenters. The molecule has 176 valence electrons. The number of amides is 4. The minimum atomic E-state index is -0.722. The van der Waals surface area contributed by atoms with Gasteiger partial charge in [-0.25, -0.2) is 4.79 Å². The SMILES string of the molecule is CCCCNC(=O)N1CCC2(CC1)C(=O)N(CC(=O)NCC(C)C)CN2c1ccccc1. The van der Waals surface area contributed by atoms with E-state index in [1.807, 2.05) is 44.2 Å². The number of rotatable bonds is 8.